The van der Waals surface area contributed by atoms with E-state index in [0.717, 1.165) is 45.0 Å². The lowest BCUT2D eigenvalue weighted by Crippen LogP contribution is -2.40. The van der Waals surface area contributed by atoms with Crippen molar-refractivity contribution in [2.75, 3.05) is 39.4 Å². The van der Waals surface area contributed by atoms with Crippen molar-refractivity contribution in [2.24, 2.45) is 0 Å². The van der Waals surface area contributed by atoms with E-state index in [4.69, 9.17) is 4.74 Å². The minimum Gasteiger partial charge on any atom is -0.379 e. The first-order chi connectivity index (χ1) is 9.25. The Morgan fingerprint density at radius 1 is 1.37 bits per heavy atom. The second kappa shape index (κ2) is 7.18. The van der Waals surface area contributed by atoms with Gasteiger partial charge in [0.1, 0.15) is 0 Å². The number of nitro groups is 1. The summed E-state index contributed by atoms with van der Waals surface area (Å²) in [5.41, 5.74) is 1.09. The lowest BCUT2D eigenvalue weighted by molar-refractivity contribution is -0.384. The fourth-order valence-electron chi connectivity index (χ4n) is 2.07. The number of morpholine rings is 1. The van der Waals surface area contributed by atoms with Crippen LogP contribution in [0.5, 0.6) is 0 Å². The van der Waals surface area contributed by atoms with Crippen LogP contribution in [-0.2, 0) is 11.3 Å². The largest absolute Gasteiger partial charge is 0.379 e. The molecule has 0 atom stereocenters. The monoisotopic (exact) mass is 265 g/mol. The van der Waals surface area contributed by atoms with Crippen LogP contribution in [0, 0.1) is 10.1 Å². The van der Waals surface area contributed by atoms with Crippen molar-refractivity contribution in [1.82, 2.24) is 10.2 Å². The van der Waals surface area contributed by atoms with Gasteiger partial charge in [-0.2, -0.15) is 0 Å². The Hall–Kier alpha value is -1.50. The highest BCUT2D eigenvalue weighted by molar-refractivity contribution is 5.34. The molecule has 1 aliphatic heterocycles. The van der Waals surface area contributed by atoms with Gasteiger partial charge >= 0.3 is 0 Å². The van der Waals surface area contributed by atoms with Crippen LogP contribution >= 0.6 is 0 Å². The van der Waals surface area contributed by atoms with Crippen LogP contribution in [0.4, 0.5) is 5.69 Å². The van der Waals surface area contributed by atoms with Gasteiger partial charge in [0.25, 0.3) is 5.69 Å². The molecule has 6 nitrogen and oxygen atoms in total. The van der Waals surface area contributed by atoms with E-state index in [1.165, 1.54) is 6.07 Å². The molecule has 0 saturated carbocycles. The van der Waals surface area contributed by atoms with Gasteiger partial charge in [-0.25, -0.2) is 0 Å². The van der Waals surface area contributed by atoms with E-state index in [1.807, 2.05) is 6.07 Å². The van der Waals surface area contributed by atoms with Gasteiger partial charge in [-0.3, -0.25) is 15.0 Å². The highest BCUT2D eigenvalue weighted by Crippen LogP contribution is 2.12. The molecule has 6 heteroatoms. The standard InChI is InChI=1S/C13H19N3O3/c17-16(18)13-3-1-2-12(10-13)11-14-4-5-15-6-8-19-9-7-15/h1-3,10,14H,4-9,11H2. The van der Waals surface area contributed by atoms with E-state index in [9.17, 15) is 10.1 Å². The van der Waals surface area contributed by atoms with E-state index in [1.54, 1.807) is 12.1 Å². The van der Waals surface area contributed by atoms with Crippen molar-refractivity contribution >= 4 is 5.69 Å². The second-order valence-electron chi connectivity index (χ2n) is 4.56. The van der Waals surface area contributed by atoms with Crippen LogP contribution in [0.1, 0.15) is 5.56 Å². The fourth-order valence-corrected chi connectivity index (χ4v) is 2.07. The lowest BCUT2D eigenvalue weighted by atomic mass is 10.2. The zero-order valence-corrected chi connectivity index (χ0v) is 10.9. The third-order valence-corrected chi connectivity index (χ3v) is 3.16. The normalized spacial score (nSPS) is 16.4. The van der Waals surface area contributed by atoms with Gasteiger partial charge in [0.2, 0.25) is 0 Å². The number of nitro benzene ring substituents is 1. The number of nitrogens with zero attached hydrogens (tertiary/aromatic N) is 2. The van der Waals surface area contributed by atoms with Gasteiger partial charge in [0.05, 0.1) is 18.1 Å². The summed E-state index contributed by atoms with van der Waals surface area (Å²) in [6.07, 6.45) is 0. The molecule has 0 bridgehead atoms. The third kappa shape index (κ3) is 4.59. The number of hydrogen-bond acceptors (Lipinski definition) is 5. The molecule has 0 radical (unpaired) electrons. The highest BCUT2D eigenvalue weighted by Gasteiger charge is 2.09. The molecular formula is C13H19N3O3. The first-order valence-electron chi connectivity index (χ1n) is 6.50. The number of hydrogen-bond donors (Lipinski definition) is 1. The van der Waals surface area contributed by atoms with Crippen LogP contribution < -0.4 is 5.32 Å². The van der Waals surface area contributed by atoms with E-state index < -0.39 is 0 Å². The quantitative estimate of drug-likeness (QED) is 0.472. The van der Waals surface area contributed by atoms with Crippen LogP contribution in [0.2, 0.25) is 0 Å². The molecule has 0 aromatic heterocycles. The molecule has 2 rings (SSSR count). The summed E-state index contributed by atoms with van der Waals surface area (Å²) in [4.78, 5) is 12.6. The van der Waals surface area contributed by atoms with E-state index in [2.05, 4.69) is 10.2 Å². The second-order valence-corrected chi connectivity index (χ2v) is 4.56. The van der Waals surface area contributed by atoms with Crippen molar-refractivity contribution < 1.29 is 9.66 Å². The summed E-state index contributed by atoms with van der Waals surface area (Å²) < 4.78 is 5.29. The maximum absolute atomic E-state index is 10.7. The third-order valence-electron chi connectivity index (χ3n) is 3.16. The van der Waals surface area contributed by atoms with Gasteiger partial charge in [0, 0.05) is 44.9 Å². The molecule has 1 heterocycles. The molecule has 0 unspecified atom stereocenters. The zero-order chi connectivity index (χ0) is 13.5. The molecule has 1 aromatic rings. The fraction of sp³-hybridized carbons (Fsp3) is 0.538. The molecular weight excluding hydrogens is 246 g/mol. The van der Waals surface area contributed by atoms with Gasteiger partial charge in [-0.1, -0.05) is 12.1 Å². The molecule has 0 spiro atoms. The van der Waals surface area contributed by atoms with Crippen molar-refractivity contribution in [1.29, 1.82) is 0 Å². The predicted molar refractivity (Wildman–Crippen MR) is 72.1 cm³/mol. The van der Waals surface area contributed by atoms with Gasteiger partial charge in [-0.05, 0) is 5.56 Å². The Bertz CT molecular complexity index is 419. The average molecular weight is 265 g/mol. The predicted octanol–water partition coefficient (Wildman–Crippen LogP) is 1.02. The Balaban J connectivity index is 1.70. The molecule has 19 heavy (non-hydrogen) atoms. The van der Waals surface area contributed by atoms with Crippen molar-refractivity contribution in [2.45, 2.75) is 6.54 Å². The SMILES string of the molecule is O=[N+]([O-])c1cccc(CNCCN2CCOCC2)c1. The Labute approximate surface area is 112 Å². The average Bonchev–Trinajstić information content (AvgIpc) is 2.45. The number of ether oxygens (including phenoxy) is 1. The Morgan fingerprint density at radius 2 is 2.16 bits per heavy atom. The summed E-state index contributed by atoms with van der Waals surface area (Å²) in [6.45, 7) is 6.11. The molecule has 1 aliphatic rings. The molecule has 0 amide bonds. The first kappa shape index (κ1) is 13.9. The van der Waals surface area contributed by atoms with Crippen LogP contribution in [0.15, 0.2) is 24.3 Å². The van der Waals surface area contributed by atoms with Crippen LogP contribution in [0.3, 0.4) is 0 Å². The summed E-state index contributed by atoms with van der Waals surface area (Å²) >= 11 is 0. The minimum absolute atomic E-state index is 0.146. The summed E-state index contributed by atoms with van der Waals surface area (Å²) in [7, 11) is 0. The minimum atomic E-state index is -0.364. The van der Waals surface area contributed by atoms with Gasteiger partial charge in [-0.15, -0.1) is 0 Å². The van der Waals surface area contributed by atoms with Crippen molar-refractivity contribution in [3.8, 4) is 0 Å². The smallest absolute Gasteiger partial charge is 0.269 e. The molecule has 104 valence electrons. The molecule has 0 aliphatic carbocycles. The van der Waals surface area contributed by atoms with Crippen molar-refractivity contribution in [3.05, 3.63) is 39.9 Å². The summed E-state index contributed by atoms with van der Waals surface area (Å²) in [6, 6.07) is 6.74. The maximum Gasteiger partial charge on any atom is 0.269 e. The van der Waals surface area contributed by atoms with Crippen LogP contribution in [0.25, 0.3) is 0 Å². The molecule has 1 fully saturated rings. The Kier molecular flexibility index (Phi) is 5.26. The number of benzene rings is 1. The number of non-ortho nitro benzene ring substituents is 1. The molecule has 1 N–H and O–H groups in total. The van der Waals surface area contributed by atoms with E-state index >= 15 is 0 Å². The van der Waals surface area contributed by atoms with E-state index in [0.29, 0.717) is 6.54 Å². The summed E-state index contributed by atoms with van der Waals surface area (Å²) in [5.74, 6) is 0. The molecule has 1 saturated heterocycles. The number of rotatable bonds is 6. The highest BCUT2D eigenvalue weighted by atomic mass is 16.6. The topological polar surface area (TPSA) is 67.6 Å². The van der Waals surface area contributed by atoms with Crippen LogP contribution in [-0.4, -0.2) is 49.2 Å². The van der Waals surface area contributed by atoms with Crippen molar-refractivity contribution in [3.63, 3.8) is 0 Å². The first-order valence-corrected chi connectivity index (χ1v) is 6.50. The Morgan fingerprint density at radius 3 is 2.89 bits per heavy atom. The molecule has 1 aromatic carbocycles. The maximum atomic E-state index is 10.7. The van der Waals surface area contributed by atoms with Gasteiger partial charge in [0.15, 0.2) is 0 Å². The zero-order valence-electron chi connectivity index (χ0n) is 10.9. The number of nitrogens with one attached hydrogen (secondary N) is 1. The lowest BCUT2D eigenvalue weighted by Gasteiger charge is -2.26. The summed E-state index contributed by atoms with van der Waals surface area (Å²) in [5, 5.41) is 14.0. The van der Waals surface area contributed by atoms with Gasteiger partial charge < -0.3 is 10.1 Å². The van der Waals surface area contributed by atoms with E-state index in [-0.39, 0.29) is 10.6 Å².